The van der Waals surface area contributed by atoms with Gasteiger partial charge < -0.3 is 19.2 Å². The lowest BCUT2D eigenvalue weighted by molar-refractivity contribution is -0.136. The van der Waals surface area contributed by atoms with Crippen LogP contribution in [0.3, 0.4) is 0 Å². The summed E-state index contributed by atoms with van der Waals surface area (Å²) in [5.74, 6) is -1.94. The molecule has 4 rings (SSSR count). The van der Waals surface area contributed by atoms with Crippen molar-refractivity contribution in [2.45, 2.75) is 65.2 Å². The van der Waals surface area contributed by atoms with Crippen molar-refractivity contribution in [3.05, 3.63) is 67.8 Å². The molecule has 2 heterocycles. The zero-order valence-corrected chi connectivity index (χ0v) is 21.3. The van der Waals surface area contributed by atoms with Crippen LogP contribution in [-0.4, -0.2) is 31.4 Å². The summed E-state index contributed by atoms with van der Waals surface area (Å²) in [5.41, 5.74) is 3.26. The third-order valence-electron chi connectivity index (χ3n) is 7.04. The fourth-order valence-electron chi connectivity index (χ4n) is 5.09. The fourth-order valence-corrected chi connectivity index (χ4v) is 5.09. The third-order valence-corrected chi connectivity index (χ3v) is 7.04. The number of fused-ring (bicyclic) bond motifs is 1. The normalized spacial score (nSPS) is 18.6. The number of rotatable bonds is 6. The maximum absolute atomic E-state index is 13.2. The average Bonchev–Trinajstić information content (AvgIpc) is 2.86. The third kappa shape index (κ3) is 4.36. The van der Waals surface area contributed by atoms with E-state index in [0.717, 1.165) is 24.1 Å². The van der Waals surface area contributed by atoms with Gasteiger partial charge in [-0.25, -0.2) is 14.4 Å². The Hall–Kier alpha value is -3.68. The lowest BCUT2D eigenvalue weighted by Gasteiger charge is -2.34. The van der Waals surface area contributed by atoms with Gasteiger partial charge in [0.25, 0.3) is 0 Å². The van der Waals surface area contributed by atoms with Gasteiger partial charge in [0.05, 0.1) is 19.3 Å². The van der Waals surface area contributed by atoms with Crippen molar-refractivity contribution in [1.82, 2.24) is 5.32 Å². The van der Waals surface area contributed by atoms with Gasteiger partial charge in [0.15, 0.2) is 5.78 Å². The number of Topliss-reactive ketones (excluding diaryl/α,β-unsaturated/α-hetero) is 1. The van der Waals surface area contributed by atoms with Gasteiger partial charge in [0.2, 0.25) is 0 Å². The van der Waals surface area contributed by atoms with Crippen LogP contribution in [0.4, 0.5) is 0 Å². The minimum atomic E-state index is -0.765. The molecule has 1 N–H and O–H groups in total. The molecular formula is C28H31NO7. The molecule has 1 aliphatic carbocycles. The van der Waals surface area contributed by atoms with Crippen molar-refractivity contribution in [2.75, 3.05) is 13.7 Å². The largest absolute Gasteiger partial charge is 0.466 e. The molecule has 0 bridgehead atoms. The number of esters is 2. The quantitative estimate of drug-likeness (QED) is 0.458. The molecule has 1 aromatic heterocycles. The number of hydrogen-bond acceptors (Lipinski definition) is 8. The van der Waals surface area contributed by atoms with E-state index in [2.05, 4.69) is 5.32 Å². The fraction of sp³-hybridized carbons (Fsp3) is 0.429. The van der Waals surface area contributed by atoms with Gasteiger partial charge in [-0.2, -0.15) is 0 Å². The highest BCUT2D eigenvalue weighted by atomic mass is 16.5. The number of dihydropyridines is 1. The summed E-state index contributed by atoms with van der Waals surface area (Å²) in [5, 5.41) is 3.79. The summed E-state index contributed by atoms with van der Waals surface area (Å²) in [6.45, 7) is 7.62. The van der Waals surface area contributed by atoms with Crippen molar-refractivity contribution in [3.8, 4) is 0 Å². The number of nitrogens with one attached hydrogen (secondary N) is 1. The van der Waals surface area contributed by atoms with Gasteiger partial charge >= 0.3 is 17.6 Å². The zero-order chi connectivity index (χ0) is 26.1. The summed E-state index contributed by atoms with van der Waals surface area (Å²) >= 11 is 0. The first-order valence-electron chi connectivity index (χ1n) is 12.3. The Kier molecular flexibility index (Phi) is 7.15. The van der Waals surface area contributed by atoms with E-state index < -0.39 is 23.5 Å². The van der Waals surface area contributed by atoms with Gasteiger partial charge in [-0.1, -0.05) is 19.9 Å². The van der Waals surface area contributed by atoms with Crippen LogP contribution >= 0.6 is 0 Å². The molecule has 0 saturated heterocycles. The Balaban J connectivity index is 2.03. The van der Waals surface area contributed by atoms with E-state index >= 15 is 0 Å². The molecule has 2 atom stereocenters. The van der Waals surface area contributed by atoms with E-state index in [9.17, 15) is 19.2 Å². The first-order chi connectivity index (χ1) is 17.2. The first-order valence-corrected chi connectivity index (χ1v) is 12.3. The summed E-state index contributed by atoms with van der Waals surface area (Å²) in [6.07, 6.45) is 2.61. The van der Waals surface area contributed by atoms with Crippen LogP contribution < -0.4 is 10.9 Å². The summed E-state index contributed by atoms with van der Waals surface area (Å²) in [6, 6.07) is 5.16. The molecule has 2 aromatic rings. The lowest BCUT2D eigenvalue weighted by Crippen LogP contribution is -2.34. The smallest absolute Gasteiger partial charge is 0.351 e. The van der Waals surface area contributed by atoms with Crippen molar-refractivity contribution in [2.24, 2.45) is 0 Å². The molecule has 0 amide bonds. The van der Waals surface area contributed by atoms with Gasteiger partial charge in [-0.15, -0.1) is 0 Å². The standard InChI is InChI=1S/C28H31NO7/c1-6-14(3)18-12-16(11-17-13-19(26(31)35-7-2)27(32)36-25(17)18)23-22(28(33)34-5)15(4)29-20-9-8-10-21(30)24(20)23/h11-14,23,29H,6-10H2,1-5H3. The highest BCUT2D eigenvalue weighted by Gasteiger charge is 2.39. The zero-order valence-electron chi connectivity index (χ0n) is 21.3. The Morgan fingerprint density at radius 1 is 1.14 bits per heavy atom. The Bertz CT molecular complexity index is 1380. The van der Waals surface area contributed by atoms with Crippen LogP contribution in [0.2, 0.25) is 0 Å². The maximum atomic E-state index is 13.2. The monoisotopic (exact) mass is 493 g/mol. The van der Waals surface area contributed by atoms with Crippen LogP contribution in [-0.2, 0) is 19.1 Å². The second-order valence-corrected chi connectivity index (χ2v) is 9.26. The van der Waals surface area contributed by atoms with Gasteiger partial charge in [0, 0.05) is 34.7 Å². The molecule has 0 radical (unpaired) electrons. The van der Waals surface area contributed by atoms with Gasteiger partial charge in [0.1, 0.15) is 11.1 Å². The molecule has 1 aromatic carbocycles. The molecule has 2 unspecified atom stereocenters. The van der Waals surface area contributed by atoms with Crippen molar-refractivity contribution >= 4 is 28.7 Å². The highest BCUT2D eigenvalue weighted by molar-refractivity contribution is 6.04. The average molecular weight is 494 g/mol. The van der Waals surface area contributed by atoms with Crippen LogP contribution in [0.15, 0.2) is 50.0 Å². The number of hydrogen-bond donors (Lipinski definition) is 1. The molecule has 8 nitrogen and oxygen atoms in total. The lowest BCUT2D eigenvalue weighted by atomic mass is 9.74. The SMILES string of the molecule is CCOC(=O)c1cc2cc(C3C(C(=O)OC)=C(C)NC4=C3C(=O)CCC4)cc(C(C)CC)c2oc1=O. The molecular weight excluding hydrogens is 462 g/mol. The predicted molar refractivity (Wildman–Crippen MR) is 134 cm³/mol. The van der Waals surface area contributed by atoms with Crippen molar-refractivity contribution < 1.29 is 28.3 Å². The minimum absolute atomic E-state index is 0.00733. The van der Waals surface area contributed by atoms with Crippen LogP contribution in [0.25, 0.3) is 11.0 Å². The van der Waals surface area contributed by atoms with E-state index in [-0.39, 0.29) is 23.9 Å². The molecule has 0 spiro atoms. The number of ether oxygens (including phenoxy) is 2. The van der Waals surface area contributed by atoms with E-state index in [1.165, 1.54) is 13.2 Å². The van der Waals surface area contributed by atoms with Crippen molar-refractivity contribution in [1.29, 1.82) is 0 Å². The molecule has 36 heavy (non-hydrogen) atoms. The maximum Gasteiger partial charge on any atom is 0.351 e. The Morgan fingerprint density at radius 3 is 2.56 bits per heavy atom. The number of ketones is 1. The van der Waals surface area contributed by atoms with Crippen LogP contribution in [0, 0.1) is 0 Å². The summed E-state index contributed by atoms with van der Waals surface area (Å²) in [7, 11) is 1.32. The van der Waals surface area contributed by atoms with Crippen molar-refractivity contribution in [3.63, 3.8) is 0 Å². The topological polar surface area (TPSA) is 112 Å². The number of methoxy groups -OCH3 is 1. The van der Waals surface area contributed by atoms with E-state index in [0.29, 0.717) is 46.2 Å². The number of carbonyl (C=O) groups excluding carboxylic acids is 3. The summed E-state index contributed by atoms with van der Waals surface area (Å²) < 4.78 is 15.8. The molecule has 1 aliphatic heterocycles. The van der Waals surface area contributed by atoms with Crippen LogP contribution in [0.1, 0.15) is 86.7 Å². The van der Waals surface area contributed by atoms with Gasteiger partial charge in [-0.3, -0.25) is 4.79 Å². The van der Waals surface area contributed by atoms with E-state index in [1.807, 2.05) is 19.9 Å². The predicted octanol–water partition coefficient (Wildman–Crippen LogP) is 4.62. The first kappa shape index (κ1) is 25.4. The number of carbonyl (C=O) groups is 3. The Labute approximate surface area is 209 Å². The van der Waals surface area contributed by atoms with Gasteiger partial charge in [-0.05, 0) is 62.3 Å². The molecule has 190 valence electrons. The number of allylic oxidation sites excluding steroid dienone is 3. The minimum Gasteiger partial charge on any atom is -0.466 e. The van der Waals surface area contributed by atoms with Crippen LogP contribution in [0.5, 0.6) is 0 Å². The molecule has 8 heteroatoms. The summed E-state index contributed by atoms with van der Waals surface area (Å²) in [4.78, 5) is 51.2. The Morgan fingerprint density at radius 2 is 1.89 bits per heavy atom. The van der Waals surface area contributed by atoms with E-state index in [1.54, 1.807) is 19.9 Å². The van der Waals surface area contributed by atoms with E-state index in [4.69, 9.17) is 13.9 Å². The molecule has 2 aliphatic rings. The second kappa shape index (κ2) is 10.1. The highest BCUT2D eigenvalue weighted by Crippen LogP contribution is 2.44. The number of benzene rings is 1. The second-order valence-electron chi connectivity index (χ2n) is 9.26. The molecule has 0 saturated carbocycles. The molecule has 0 fully saturated rings.